The second-order valence-electron chi connectivity index (χ2n) is 6.13. The molecule has 0 aliphatic carbocycles. The van der Waals surface area contributed by atoms with Crippen LogP contribution in [-0.2, 0) is 14.3 Å². The number of hydrogen-bond donors (Lipinski definition) is 1. The lowest BCUT2D eigenvalue weighted by Crippen LogP contribution is -2.50. The maximum atomic E-state index is 12.0. The molecule has 18 heavy (non-hydrogen) atoms. The summed E-state index contributed by atoms with van der Waals surface area (Å²) < 4.78 is 5.11. The van der Waals surface area contributed by atoms with E-state index in [1.54, 1.807) is 6.92 Å². The maximum Gasteiger partial charge on any atom is 0.329 e. The summed E-state index contributed by atoms with van der Waals surface area (Å²) in [5.74, 6) is 1.64. The fourth-order valence-electron chi connectivity index (χ4n) is 3.21. The van der Waals surface area contributed by atoms with Crippen molar-refractivity contribution < 1.29 is 14.3 Å². The zero-order chi connectivity index (χ0) is 13.4. The lowest BCUT2D eigenvalue weighted by Gasteiger charge is -2.43. The predicted octanol–water partition coefficient (Wildman–Crippen LogP) is 1.59. The first-order valence-corrected chi connectivity index (χ1v) is 7.58. The third-order valence-corrected chi connectivity index (χ3v) is 5.43. The summed E-state index contributed by atoms with van der Waals surface area (Å²) in [6.07, 6.45) is 1.35. The molecule has 1 N–H and O–H groups in total. The fourth-order valence-corrected chi connectivity index (χ4v) is 4.74. The minimum absolute atomic E-state index is 0.0219. The molecule has 2 aliphatic rings. The molecule has 2 rings (SSSR count). The Bertz CT molecular complexity index is 369. The van der Waals surface area contributed by atoms with E-state index in [4.69, 9.17) is 4.74 Å². The zero-order valence-electron chi connectivity index (χ0n) is 11.2. The number of thioether (sulfide) groups is 1. The second kappa shape index (κ2) is 4.76. The van der Waals surface area contributed by atoms with Gasteiger partial charge in [0, 0.05) is 17.6 Å². The SMILES string of the molecule is CCOC(=O)C1NC(=O)CC12CSCC(C)(C)C2. The van der Waals surface area contributed by atoms with E-state index in [0.717, 1.165) is 17.9 Å². The molecule has 0 aromatic rings. The van der Waals surface area contributed by atoms with Crippen molar-refractivity contribution in [1.29, 1.82) is 0 Å². The standard InChI is InChI=1S/C13H21NO3S/c1-4-17-11(16)10-13(5-9(15)14-10)6-12(2,3)7-18-8-13/h10H,4-8H2,1-3H3,(H,14,15). The molecule has 2 heterocycles. The Balaban J connectivity index is 2.22. The Morgan fingerprint density at radius 1 is 1.50 bits per heavy atom. The van der Waals surface area contributed by atoms with Crippen LogP contribution in [0.25, 0.3) is 0 Å². The molecule has 4 nitrogen and oxygen atoms in total. The van der Waals surface area contributed by atoms with Crippen molar-refractivity contribution in [3.63, 3.8) is 0 Å². The van der Waals surface area contributed by atoms with Gasteiger partial charge in [-0.25, -0.2) is 4.79 Å². The van der Waals surface area contributed by atoms with Gasteiger partial charge in [0.05, 0.1) is 6.61 Å². The molecule has 2 unspecified atom stereocenters. The van der Waals surface area contributed by atoms with Gasteiger partial charge in [0.15, 0.2) is 0 Å². The summed E-state index contributed by atoms with van der Waals surface area (Å²) in [5, 5.41) is 2.81. The van der Waals surface area contributed by atoms with Crippen molar-refractivity contribution in [2.45, 2.75) is 39.7 Å². The van der Waals surface area contributed by atoms with Crippen LogP contribution < -0.4 is 5.32 Å². The summed E-state index contributed by atoms with van der Waals surface area (Å²) in [6, 6.07) is -0.461. The molecule has 0 radical (unpaired) electrons. The van der Waals surface area contributed by atoms with Crippen molar-refractivity contribution in [3.05, 3.63) is 0 Å². The smallest absolute Gasteiger partial charge is 0.329 e. The van der Waals surface area contributed by atoms with E-state index in [1.807, 2.05) is 11.8 Å². The first-order chi connectivity index (χ1) is 8.38. The number of carbonyl (C=O) groups is 2. The van der Waals surface area contributed by atoms with Crippen molar-refractivity contribution >= 4 is 23.6 Å². The number of nitrogens with one attached hydrogen (secondary N) is 1. The van der Waals surface area contributed by atoms with Gasteiger partial charge >= 0.3 is 5.97 Å². The van der Waals surface area contributed by atoms with Gasteiger partial charge in [-0.2, -0.15) is 11.8 Å². The van der Waals surface area contributed by atoms with E-state index in [-0.39, 0.29) is 22.7 Å². The van der Waals surface area contributed by atoms with Crippen LogP contribution in [0.4, 0.5) is 0 Å². The van der Waals surface area contributed by atoms with Crippen LogP contribution in [0.1, 0.15) is 33.6 Å². The normalized spacial score (nSPS) is 34.4. The summed E-state index contributed by atoms with van der Waals surface area (Å²) in [4.78, 5) is 23.7. The van der Waals surface area contributed by atoms with Crippen LogP contribution in [0.5, 0.6) is 0 Å². The summed E-state index contributed by atoms with van der Waals surface area (Å²) in [7, 11) is 0. The largest absolute Gasteiger partial charge is 0.464 e. The highest BCUT2D eigenvalue weighted by molar-refractivity contribution is 7.99. The highest BCUT2D eigenvalue weighted by Gasteiger charge is 2.54. The lowest BCUT2D eigenvalue weighted by molar-refractivity contribution is -0.148. The van der Waals surface area contributed by atoms with Gasteiger partial charge < -0.3 is 10.1 Å². The summed E-state index contributed by atoms with van der Waals surface area (Å²) >= 11 is 1.84. The zero-order valence-corrected chi connectivity index (χ0v) is 12.1. The maximum absolute atomic E-state index is 12.0. The number of amides is 1. The molecule has 0 bridgehead atoms. The van der Waals surface area contributed by atoms with E-state index in [1.165, 1.54) is 0 Å². The highest BCUT2D eigenvalue weighted by atomic mass is 32.2. The van der Waals surface area contributed by atoms with Gasteiger partial charge in [0.1, 0.15) is 6.04 Å². The monoisotopic (exact) mass is 271 g/mol. The van der Waals surface area contributed by atoms with Gasteiger partial charge in [0.25, 0.3) is 0 Å². The number of hydrogen-bond acceptors (Lipinski definition) is 4. The van der Waals surface area contributed by atoms with Gasteiger partial charge in [-0.3, -0.25) is 4.79 Å². The highest BCUT2D eigenvalue weighted by Crippen LogP contribution is 2.50. The number of esters is 1. The molecule has 102 valence electrons. The molecular formula is C13H21NO3S. The molecule has 0 aromatic carbocycles. The van der Waals surface area contributed by atoms with E-state index >= 15 is 0 Å². The molecule has 0 aromatic heterocycles. The molecular weight excluding hydrogens is 250 g/mol. The van der Waals surface area contributed by atoms with Crippen molar-refractivity contribution in [2.24, 2.45) is 10.8 Å². The molecule has 0 saturated carbocycles. The Kier molecular flexibility index (Phi) is 3.63. The quantitative estimate of drug-likeness (QED) is 0.775. The van der Waals surface area contributed by atoms with E-state index in [0.29, 0.717) is 13.0 Å². The van der Waals surface area contributed by atoms with E-state index in [9.17, 15) is 9.59 Å². The van der Waals surface area contributed by atoms with Crippen LogP contribution in [0.15, 0.2) is 0 Å². The lowest BCUT2D eigenvalue weighted by atomic mass is 9.70. The first kappa shape index (κ1) is 13.7. The minimum Gasteiger partial charge on any atom is -0.464 e. The average molecular weight is 271 g/mol. The topological polar surface area (TPSA) is 55.4 Å². The second-order valence-corrected chi connectivity index (χ2v) is 7.11. The van der Waals surface area contributed by atoms with Crippen molar-refractivity contribution in [2.75, 3.05) is 18.1 Å². The third kappa shape index (κ3) is 2.51. The summed E-state index contributed by atoms with van der Waals surface area (Å²) in [5.41, 5.74) is -0.0876. The number of ether oxygens (including phenoxy) is 1. The van der Waals surface area contributed by atoms with E-state index in [2.05, 4.69) is 19.2 Å². The Labute approximate surface area is 112 Å². The minimum atomic E-state index is -0.461. The Morgan fingerprint density at radius 3 is 2.83 bits per heavy atom. The molecule has 2 atom stereocenters. The van der Waals surface area contributed by atoms with Crippen molar-refractivity contribution in [1.82, 2.24) is 5.32 Å². The molecule has 2 fully saturated rings. The molecule has 2 saturated heterocycles. The number of carbonyl (C=O) groups excluding carboxylic acids is 2. The van der Waals surface area contributed by atoms with Gasteiger partial charge in [-0.15, -0.1) is 0 Å². The van der Waals surface area contributed by atoms with Gasteiger partial charge in [-0.05, 0) is 24.5 Å². The van der Waals surface area contributed by atoms with Crippen LogP contribution in [0.2, 0.25) is 0 Å². The number of rotatable bonds is 2. The van der Waals surface area contributed by atoms with Crippen LogP contribution in [0.3, 0.4) is 0 Å². The Morgan fingerprint density at radius 2 is 2.22 bits per heavy atom. The van der Waals surface area contributed by atoms with Gasteiger partial charge in [0.2, 0.25) is 5.91 Å². The van der Waals surface area contributed by atoms with E-state index < -0.39 is 6.04 Å². The van der Waals surface area contributed by atoms with Crippen LogP contribution >= 0.6 is 11.8 Å². The fraction of sp³-hybridized carbons (Fsp3) is 0.846. The molecule has 5 heteroatoms. The van der Waals surface area contributed by atoms with Crippen molar-refractivity contribution in [3.8, 4) is 0 Å². The molecule has 2 aliphatic heterocycles. The van der Waals surface area contributed by atoms with Gasteiger partial charge in [-0.1, -0.05) is 13.8 Å². The molecule has 1 spiro atoms. The predicted molar refractivity (Wildman–Crippen MR) is 71.3 cm³/mol. The molecule has 1 amide bonds. The summed E-state index contributed by atoms with van der Waals surface area (Å²) in [6.45, 7) is 6.55. The Hall–Kier alpha value is -0.710. The van der Waals surface area contributed by atoms with Crippen LogP contribution in [-0.4, -0.2) is 36.0 Å². The third-order valence-electron chi connectivity index (χ3n) is 3.67. The first-order valence-electron chi connectivity index (χ1n) is 6.42. The van der Waals surface area contributed by atoms with Crippen LogP contribution in [0, 0.1) is 10.8 Å². The average Bonchev–Trinajstić information content (AvgIpc) is 2.53.